The van der Waals surface area contributed by atoms with Crippen LogP contribution in [0.5, 0.6) is 5.75 Å². The maximum absolute atomic E-state index is 10.8. The second-order valence-corrected chi connectivity index (χ2v) is 5.65. The minimum Gasteiger partial charge on any atom is -0.494 e. The molecule has 0 unspecified atom stereocenters. The lowest BCUT2D eigenvalue weighted by atomic mass is 10.1. The van der Waals surface area contributed by atoms with Crippen molar-refractivity contribution in [3.05, 3.63) is 69.9 Å². The van der Waals surface area contributed by atoms with Gasteiger partial charge in [0.2, 0.25) is 0 Å². The fraction of sp³-hybridized carbons (Fsp3) is 0.158. The van der Waals surface area contributed by atoms with Gasteiger partial charge in [0.1, 0.15) is 5.75 Å². The number of anilines is 1. The van der Waals surface area contributed by atoms with Crippen molar-refractivity contribution in [2.45, 2.75) is 13.8 Å². The van der Waals surface area contributed by atoms with Gasteiger partial charge in [0.05, 0.1) is 28.9 Å². The monoisotopic (exact) mass is 350 g/mol. The molecule has 3 aromatic rings. The number of benzene rings is 2. The molecule has 7 nitrogen and oxygen atoms in total. The lowest BCUT2D eigenvalue weighted by Gasteiger charge is -2.09. The standard InChI is InChI=1S/C19H18N4O3/c1-3-26-16-7-8-18-17(11-16)19(9-13(2)21-18)22-20-12-14-5-4-6-15(10-14)23(24)25/h4-12H,3H2,1-2H3,(H,21,22). The van der Waals surface area contributed by atoms with Crippen molar-refractivity contribution in [2.24, 2.45) is 5.10 Å². The first kappa shape index (κ1) is 17.3. The first-order valence-electron chi connectivity index (χ1n) is 8.14. The van der Waals surface area contributed by atoms with Gasteiger partial charge in [-0.25, -0.2) is 0 Å². The Morgan fingerprint density at radius 2 is 2.12 bits per heavy atom. The quantitative estimate of drug-likeness (QED) is 0.407. The molecule has 2 aromatic carbocycles. The zero-order chi connectivity index (χ0) is 18.5. The summed E-state index contributed by atoms with van der Waals surface area (Å²) in [5, 5.41) is 15.9. The second-order valence-electron chi connectivity index (χ2n) is 5.65. The predicted molar refractivity (Wildman–Crippen MR) is 102 cm³/mol. The van der Waals surface area contributed by atoms with Gasteiger partial charge in [0, 0.05) is 28.8 Å². The predicted octanol–water partition coefficient (Wildman–Crippen LogP) is 4.30. The van der Waals surface area contributed by atoms with E-state index in [9.17, 15) is 10.1 Å². The summed E-state index contributed by atoms with van der Waals surface area (Å²) in [6.07, 6.45) is 1.54. The van der Waals surface area contributed by atoms with Crippen LogP contribution >= 0.6 is 0 Å². The third-order valence-electron chi connectivity index (χ3n) is 3.70. The lowest BCUT2D eigenvalue weighted by molar-refractivity contribution is -0.384. The van der Waals surface area contributed by atoms with Crippen molar-refractivity contribution in [1.82, 2.24) is 4.98 Å². The number of fused-ring (bicyclic) bond motifs is 1. The van der Waals surface area contributed by atoms with Gasteiger partial charge < -0.3 is 4.74 Å². The normalized spacial score (nSPS) is 11.0. The molecule has 0 bridgehead atoms. The number of rotatable bonds is 6. The molecule has 1 aromatic heterocycles. The highest BCUT2D eigenvalue weighted by Crippen LogP contribution is 2.27. The van der Waals surface area contributed by atoms with Crippen LogP contribution in [0.1, 0.15) is 18.2 Å². The van der Waals surface area contributed by atoms with Gasteiger partial charge in [0.15, 0.2) is 0 Å². The molecule has 0 amide bonds. The summed E-state index contributed by atoms with van der Waals surface area (Å²) in [7, 11) is 0. The van der Waals surface area contributed by atoms with E-state index in [1.165, 1.54) is 12.1 Å². The molecule has 1 heterocycles. The molecule has 0 fully saturated rings. The van der Waals surface area contributed by atoms with Gasteiger partial charge in [-0.3, -0.25) is 20.5 Å². The van der Waals surface area contributed by atoms with E-state index in [4.69, 9.17) is 4.74 Å². The third kappa shape index (κ3) is 3.94. The second kappa shape index (κ2) is 7.60. The summed E-state index contributed by atoms with van der Waals surface area (Å²) < 4.78 is 5.55. The van der Waals surface area contributed by atoms with Crippen molar-refractivity contribution < 1.29 is 9.66 Å². The Labute approximate surface area is 150 Å². The molecular formula is C19H18N4O3. The van der Waals surface area contributed by atoms with E-state index >= 15 is 0 Å². The molecule has 0 saturated heterocycles. The van der Waals surface area contributed by atoms with E-state index in [1.807, 2.05) is 38.1 Å². The fourth-order valence-corrected chi connectivity index (χ4v) is 2.58. The first-order chi connectivity index (χ1) is 12.6. The van der Waals surface area contributed by atoms with E-state index in [0.29, 0.717) is 12.2 Å². The molecule has 0 radical (unpaired) electrons. The van der Waals surface area contributed by atoms with Gasteiger partial charge in [-0.2, -0.15) is 5.10 Å². The minimum absolute atomic E-state index is 0.0283. The smallest absolute Gasteiger partial charge is 0.270 e. The van der Waals surface area contributed by atoms with Crippen molar-refractivity contribution in [3.63, 3.8) is 0 Å². The largest absolute Gasteiger partial charge is 0.494 e. The number of non-ortho nitro benzene ring substituents is 1. The number of aromatic nitrogens is 1. The lowest BCUT2D eigenvalue weighted by Crippen LogP contribution is -1.97. The van der Waals surface area contributed by atoms with Crippen LogP contribution in [0.4, 0.5) is 11.4 Å². The summed E-state index contributed by atoms with van der Waals surface area (Å²) in [5.74, 6) is 0.761. The Hall–Kier alpha value is -3.48. The zero-order valence-electron chi connectivity index (χ0n) is 14.5. The van der Waals surface area contributed by atoms with Crippen LogP contribution in [-0.4, -0.2) is 22.7 Å². The Balaban J connectivity index is 1.89. The van der Waals surface area contributed by atoms with Crippen molar-refractivity contribution >= 4 is 28.5 Å². The number of hydrogen-bond acceptors (Lipinski definition) is 6. The maximum atomic E-state index is 10.8. The van der Waals surface area contributed by atoms with E-state index in [0.717, 1.165) is 28.0 Å². The number of nitro benzene ring substituents is 1. The van der Waals surface area contributed by atoms with E-state index < -0.39 is 4.92 Å². The third-order valence-corrected chi connectivity index (χ3v) is 3.70. The number of nitrogens with one attached hydrogen (secondary N) is 1. The number of hydrazone groups is 1. The molecule has 132 valence electrons. The fourth-order valence-electron chi connectivity index (χ4n) is 2.58. The molecule has 0 aliphatic carbocycles. The Morgan fingerprint density at radius 3 is 2.88 bits per heavy atom. The average molecular weight is 350 g/mol. The number of pyridine rings is 1. The van der Waals surface area contributed by atoms with E-state index in [1.54, 1.807) is 18.3 Å². The molecule has 0 aliphatic rings. The maximum Gasteiger partial charge on any atom is 0.270 e. The molecule has 26 heavy (non-hydrogen) atoms. The van der Waals surface area contributed by atoms with Crippen molar-refractivity contribution in [3.8, 4) is 5.75 Å². The van der Waals surface area contributed by atoms with Crippen LogP contribution in [0.2, 0.25) is 0 Å². The molecule has 0 saturated carbocycles. The number of nitrogens with zero attached hydrogens (tertiary/aromatic N) is 3. The van der Waals surface area contributed by atoms with Gasteiger partial charge in [-0.05, 0) is 38.1 Å². The summed E-state index contributed by atoms with van der Waals surface area (Å²) in [6, 6.07) is 13.9. The van der Waals surface area contributed by atoms with Crippen LogP contribution in [0, 0.1) is 17.0 Å². The first-order valence-corrected chi connectivity index (χ1v) is 8.14. The molecule has 1 N–H and O–H groups in total. The average Bonchev–Trinajstić information content (AvgIpc) is 2.62. The highest BCUT2D eigenvalue weighted by Gasteiger charge is 2.06. The molecule has 0 spiro atoms. The van der Waals surface area contributed by atoms with Crippen molar-refractivity contribution in [2.75, 3.05) is 12.0 Å². The van der Waals surface area contributed by atoms with E-state index in [2.05, 4.69) is 15.5 Å². The Morgan fingerprint density at radius 1 is 1.27 bits per heavy atom. The Kier molecular flexibility index (Phi) is 5.07. The van der Waals surface area contributed by atoms with Crippen LogP contribution in [-0.2, 0) is 0 Å². The summed E-state index contributed by atoms with van der Waals surface area (Å²) >= 11 is 0. The number of aryl methyl sites for hydroxylation is 1. The van der Waals surface area contributed by atoms with Crippen LogP contribution < -0.4 is 10.2 Å². The minimum atomic E-state index is -0.431. The molecule has 7 heteroatoms. The SMILES string of the molecule is CCOc1ccc2nc(C)cc(NN=Cc3cccc([N+](=O)[O-])c3)c2c1. The Bertz CT molecular complexity index is 986. The van der Waals surface area contributed by atoms with Gasteiger partial charge >= 0.3 is 0 Å². The van der Waals surface area contributed by atoms with Gasteiger partial charge in [-0.1, -0.05) is 12.1 Å². The summed E-state index contributed by atoms with van der Waals surface area (Å²) in [6.45, 7) is 4.42. The van der Waals surface area contributed by atoms with Crippen molar-refractivity contribution in [1.29, 1.82) is 0 Å². The summed E-state index contributed by atoms with van der Waals surface area (Å²) in [4.78, 5) is 14.9. The highest BCUT2D eigenvalue weighted by molar-refractivity contribution is 5.93. The van der Waals surface area contributed by atoms with E-state index in [-0.39, 0.29) is 5.69 Å². The van der Waals surface area contributed by atoms with Crippen LogP contribution in [0.25, 0.3) is 10.9 Å². The highest BCUT2D eigenvalue weighted by atomic mass is 16.6. The molecule has 0 atom stereocenters. The van der Waals surface area contributed by atoms with Gasteiger partial charge in [0.25, 0.3) is 5.69 Å². The van der Waals surface area contributed by atoms with Gasteiger partial charge in [-0.15, -0.1) is 0 Å². The van der Waals surface area contributed by atoms with Crippen LogP contribution in [0.3, 0.4) is 0 Å². The molecule has 3 rings (SSSR count). The number of nitro groups is 1. The number of hydrogen-bond donors (Lipinski definition) is 1. The molecular weight excluding hydrogens is 332 g/mol. The number of ether oxygens (including phenoxy) is 1. The summed E-state index contributed by atoms with van der Waals surface area (Å²) in [5.41, 5.74) is 6.14. The topological polar surface area (TPSA) is 89.7 Å². The molecule has 0 aliphatic heterocycles. The van der Waals surface area contributed by atoms with Crippen LogP contribution in [0.15, 0.2) is 53.6 Å². The zero-order valence-corrected chi connectivity index (χ0v) is 14.5.